The van der Waals surface area contributed by atoms with E-state index in [2.05, 4.69) is 0 Å². The summed E-state index contributed by atoms with van der Waals surface area (Å²) in [6.07, 6.45) is -0.977. The summed E-state index contributed by atoms with van der Waals surface area (Å²) in [4.78, 5) is 21.7. The molecule has 0 aliphatic rings. The second-order valence-corrected chi connectivity index (χ2v) is 3.30. The average Bonchev–Trinajstić information content (AvgIpc) is 2.21. The molecule has 92 valence electrons. The van der Waals surface area contributed by atoms with Crippen molar-refractivity contribution in [2.75, 3.05) is 5.73 Å². The zero-order valence-corrected chi connectivity index (χ0v) is 9.07. The van der Waals surface area contributed by atoms with Gasteiger partial charge in [-0.2, -0.15) is 0 Å². The smallest absolute Gasteiger partial charge is 0.318 e. The Morgan fingerprint density at radius 2 is 2.12 bits per heavy atom. The van der Waals surface area contributed by atoms with Gasteiger partial charge in [0.05, 0.1) is 5.69 Å². The number of carbonyl (C=O) groups is 2. The lowest BCUT2D eigenvalue weighted by atomic mass is 10.3. The normalized spacial score (nSPS) is 11.6. The maximum Gasteiger partial charge on any atom is 0.318 e. The number of nitrogens with two attached hydrogens (primary N) is 2. The highest BCUT2D eigenvalue weighted by Gasteiger charge is 2.17. The Hall–Kier alpha value is -2.31. The topological polar surface area (TPSA) is 107 Å². The van der Waals surface area contributed by atoms with Crippen LogP contribution in [0.4, 0.5) is 14.9 Å². The quantitative estimate of drug-likeness (QED) is 0.664. The van der Waals surface area contributed by atoms with E-state index in [4.69, 9.17) is 16.2 Å². The van der Waals surface area contributed by atoms with Crippen LogP contribution >= 0.6 is 0 Å². The zero-order chi connectivity index (χ0) is 13.0. The summed E-state index contributed by atoms with van der Waals surface area (Å²) >= 11 is 0. The van der Waals surface area contributed by atoms with Gasteiger partial charge in [0.25, 0.3) is 5.91 Å². The van der Waals surface area contributed by atoms with Crippen LogP contribution in [-0.4, -0.2) is 18.0 Å². The molecule has 7 heteroatoms. The largest absolute Gasteiger partial charge is 0.479 e. The highest BCUT2D eigenvalue weighted by atomic mass is 19.1. The number of rotatable bonds is 3. The van der Waals surface area contributed by atoms with Crippen molar-refractivity contribution in [2.24, 2.45) is 5.73 Å². The number of primary amides is 1. The lowest BCUT2D eigenvalue weighted by Gasteiger charge is -2.14. The van der Waals surface area contributed by atoms with Crippen molar-refractivity contribution in [2.45, 2.75) is 13.0 Å². The molecule has 0 aromatic heterocycles. The average molecular weight is 241 g/mol. The number of urea groups is 1. The van der Waals surface area contributed by atoms with Crippen LogP contribution < -0.4 is 21.5 Å². The fourth-order valence-corrected chi connectivity index (χ4v) is 1.09. The minimum absolute atomic E-state index is 0.0590. The number of hydrogen-bond acceptors (Lipinski definition) is 4. The molecule has 0 saturated carbocycles. The predicted octanol–water partition coefficient (Wildman–Crippen LogP) is 0.370. The van der Waals surface area contributed by atoms with E-state index < -0.39 is 23.9 Å². The van der Waals surface area contributed by atoms with Crippen LogP contribution in [0.25, 0.3) is 0 Å². The van der Waals surface area contributed by atoms with Crippen molar-refractivity contribution in [3.63, 3.8) is 0 Å². The van der Waals surface area contributed by atoms with Gasteiger partial charge in [-0.1, -0.05) is 0 Å². The van der Waals surface area contributed by atoms with Crippen LogP contribution in [0.1, 0.15) is 6.92 Å². The number of carbonyl (C=O) groups excluding carboxylic acids is 2. The molecular formula is C10H12FN3O3. The molecular weight excluding hydrogens is 229 g/mol. The van der Waals surface area contributed by atoms with E-state index in [1.54, 1.807) is 0 Å². The number of hydrogen-bond donors (Lipinski definition) is 3. The van der Waals surface area contributed by atoms with Gasteiger partial charge in [-0.3, -0.25) is 10.1 Å². The van der Waals surface area contributed by atoms with Gasteiger partial charge >= 0.3 is 6.03 Å². The molecule has 0 aliphatic heterocycles. The molecule has 0 spiro atoms. The van der Waals surface area contributed by atoms with Gasteiger partial charge in [0, 0.05) is 6.07 Å². The molecule has 17 heavy (non-hydrogen) atoms. The van der Waals surface area contributed by atoms with Gasteiger partial charge in [0.1, 0.15) is 11.6 Å². The summed E-state index contributed by atoms with van der Waals surface area (Å²) in [7, 11) is 0. The first kappa shape index (κ1) is 12.8. The number of nitrogens with one attached hydrogen (secondary N) is 1. The second kappa shape index (κ2) is 5.15. The van der Waals surface area contributed by atoms with Crippen LogP contribution in [0.15, 0.2) is 18.2 Å². The van der Waals surface area contributed by atoms with Crippen LogP contribution in [0.5, 0.6) is 5.75 Å². The van der Waals surface area contributed by atoms with Gasteiger partial charge < -0.3 is 16.2 Å². The highest BCUT2D eigenvalue weighted by Crippen LogP contribution is 2.22. The molecule has 1 unspecified atom stereocenters. The molecule has 3 amide bonds. The van der Waals surface area contributed by atoms with E-state index in [0.29, 0.717) is 0 Å². The van der Waals surface area contributed by atoms with E-state index in [1.165, 1.54) is 13.0 Å². The summed E-state index contributed by atoms with van der Waals surface area (Å²) in [5.41, 5.74) is 10.3. The summed E-state index contributed by atoms with van der Waals surface area (Å²) < 4.78 is 17.9. The molecule has 0 fully saturated rings. The summed E-state index contributed by atoms with van der Waals surface area (Å²) in [5.74, 6) is -1.07. The van der Waals surface area contributed by atoms with Crippen molar-refractivity contribution in [1.82, 2.24) is 5.32 Å². The molecule has 1 atom stereocenters. The maximum atomic E-state index is 12.7. The third kappa shape index (κ3) is 3.63. The number of halogens is 1. The fourth-order valence-electron chi connectivity index (χ4n) is 1.09. The van der Waals surface area contributed by atoms with Crippen LogP contribution in [-0.2, 0) is 4.79 Å². The van der Waals surface area contributed by atoms with E-state index in [9.17, 15) is 14.0 Å². The number of nitrogen functional groups attached to an aromatic ring is 1. The molecule has 1 aromatic carbocycles. The zero-order valence-electron chi connectivity index (χ0n) is 9.07. The van der Waals surface area contributed by atoms with Gasteiger partial charge in [-0.05, 0) is 19.1 Å². The van der Waals surface area contributed by atoms with Crippen LogP contribution in [0, 0.1) is 5.82 Å². The summed E-state index contributed by atoms with van der Waals surface area (Å²) in [6, 6.07) is 2.52. The Kier molecular flexibility index (Phi) is 3.86. The number of anilines is 1. The predicted molar refractivity (Wildman–Crippen MR) is 58.6 cm³/mol. The minimum Gasteiger partial charge on any atom is -0.479 e. The Balaban J connectivity index is 2.70. The van der Waals surface area contributed by atoms with Crippen molar-refractivity contribution >= 4 is 17.6 Å². The standard InChI is InChI=1S/C10H12FN3O3/c1-5(9(15)14-10(13)16)17-8-3-2-6(11)4-7(8)12/h2-5H,12H2,1H3,(H3,13,14,15,16). The second-order valence-electron chi connectivity index (χ2n) is 3.30. The van der Waals surface area contributed by atoms with Crippen molar-refractivity contribution in [1.29, 1.82) is 0 Å². The highest BCUT2D eigenvalue weighted by molar-refractivity contribution is 5.95. The van der Waals surface area contributed by atoms with Gasteiger partial charge in [-0.25, -0.2) is 9.18 Å². The lowest BCUT2D eigenvalue weighted by molar-refractivity contribution is -0.126. The molecule has 0 radical (unpaired) electrons. The number of imide groups is 1. The number of ether oxygens (including phenoxy) is 1. The SMILES string of the molecule is CC(Oc1ccc(F)cc1N)C(=O)NC(N)=O. The first-order valence-corrected chi connectivity index (χ1v) is 4.72. The molecule has 5 N–H and O–H groups in total. The van der Waals surface area contributed by atoms with Gasteiger partial charge in [0.2, 0.25) is 0 Å². The first-order chi connectivity index (χ1) is 7.90. The fraction of sp³-hybridized carbons (Fsp3) is 0.200. The molecule has 1 rings (SSSR count). The van der Waals surface area contributed by atoms with Gasteiger partial charge in [0.15, 0.2) is 6.10 Å². The van der Waals surface area contributed by atoms with Crippen LogP contribution in [0.2, 0.25) is 0 Å². The Bertz CT molecular complexity index is 450. The molecule has 1 aromatic rings. The molecule has 0 bridgehead atoms. The lowest BCUT2D eigenvalue weighted by Crippen LogP contribution is -2.42. The summed E-state index contributed by atoms with van der Waals surface area (Å²) in [6.45, 7) is 1.40. The Morgan fingerprint density at radius 3 is 2.65 bits per heavy atom. The van der Waals surface area contributed by atoms with Crippen molar-refractivity contribution < 1.29 is 18.7 Å². The Labute approximate surface area is 96.7 Å². The van der Waals surface area contributed by atoms with E-state index >= 15 is 0 Å². The first-order valence-electron chi connectivity index (χ1n) is 4.72. The number of benzene rings is 1. The third-order valence-corrected chi connectivity index (χ3v) is 1.89. The maximum absolute atomic E-state index is 12.7. The van der Waals surface area contributed by atoms with Crippen LogP contribution in [0.3, 0.4) is 0 Å². The van der Waals surface area contributed by atoms with Crippen molar-refractivity contribution in [3.05, 3.63) is 24.0 Å². The van der Waals surface area contributed by atoms with E-state index in [0.717, 1.165) is 12.1 Å². The molecule has 6 nitrogen and oxygen atoms in total. The van der Waals surface area contributed by atoms with E-state index in [-0.39, 0.29) is 11.4 Å². The minimum atomic E-state index is -0.977. The molecule has 0 aliphatic carbocycles. The van der Waals surface area contributed by atoms with Gasteiger partial charge in [-0.15, -0.1) is 0 Å². The summed E-state index contributed by atoms with van der Waals surface area (Å²) in [5, 5.41) is 1.85. The van der Waals surface area contributed by atoms with E-state index in [1.807, 2.05) is 5.32 Å². The monoisotopic (exact) mass is 241 g/mol. The molecule has 0 heterocycles. The van der Waals surface area contributed by atoms with Crippen molar-refractivity contribution in [3.8, 4) is 5.75 Å². The number of amides is 3. The third-order valence-electron chi connectivity index (χ3n) is 1.89. The Morgan fingerprint density at radius 1 is 1.47 bits per heavy atom. The molecule has 0 saturated heterocycles.